The van der Waals surface area contributed by atoms with Crippen molar-refractivity contribution in [1.82, 2.24) is 29.9 Å². The van der Waals surface area contributed by atoms with Gasteiger partial charge in [0.05, 0.1) is 18.4 Å². The molecule has 8 heteroatoms. The van der Waals surface area contributed by atoms with Crippen LogP contribution in [0.15, 0.2) is 24.8 Å². The van der Waals surface area contributed by atoms with Crippen LogP contribution in [0.2, 0.25) is 0 Å². The van der Waals surface area contributed by atoms with Crippen molar-refractivity contribution in [3.8, 4) is 5.88 Å². The Morgan fingerprint density at radius 1 is 1.22 bits per heavy atom. The summed E-state index contributed by atoms with van der Waals surface area (Å²) >= 11 is 0. The quantitative estimate of drug-likeness (QED) is 0.744. The Bertz CT molecular complexity index is 744. The second kappa shape index (κ2) is 8.45. The number of amides is 1. The molecule has 8 nitrogen and oxygen atoms in total. The van der Waals surface area contributed by atoms with Crippen molar-refractivity contribution in [2.24, 2.45) is 5.92 Å². The lowest BCUT2D eigenvalue weighted by atomic mass is 10.0. The highest BCUT2D eigenvalue weighted by Crippen LogP contribution is 2.29. The Hall–Kier alpha value is -2.51. The van der Waals surface area contributed by atoms with Gasteiger partial charge in [0.15, 0.2) is 0 Å². The van der Waals surface area contributed by atoms with Crippen molar-refractivity contribution in [2.45, 2.75) is 57.6 Å². The predicted octanol–water partition coefficient (Wildman–Crippen LogP) is 2.39. The van der Waals surface area contributed by atoms with E-state index in [4.69, 9.17) is 4.74 Å². The van der Waals surface area contributed by atoms with Gasteiger partial charge in [0.25, 0.3) is 0 Å². The van der Waals surface area contributed by atoms with Gasteiger partial charge in [0, 0.05) is 31.9 Å². The van der Waals surface area contributed by atoms with Crippen molar-refractivity contribution in [1.29, 1.82) is 0 Å². The Labute approximate surface area is 158 Å². The van der Waals surface area contributed by atoms with E-state index in [1.807, 2.05) is 15.8 Å². The fourth-order valence-electron chi connectivity index (χ4n) is 4.03. The molecule has 1 atom stereocenters. The Kier molecular flexibility index (Phi) is 5.60. The molecule has 0 radical (unpaired) electrons. The molecule has 0 unspecified atom stereocenters. The topological polar surface area (TPSA) is 86.0 Å². The molecule has 2 aromatic heterocycles. The molecule has 3 heterocycles. The van der Waals surface area contributed by atoms with E-state index in [1.165, 1.54) is 25.7 Å². The summed E-state index contributed by atoms with van der Waals surface area (Å²) in [7, 11) is 0. The van der Waals surface area contributed by atoms with Gasteiger partial charge in [-0.15, -0.1) is 5.10 Å². The van der Waals surface area contributed by atoms with E-state index in [1.54, 1.807) is 18.6 Å². The largest absolute Gasteiger partial charge is 0.470 e. The SMILES string of the molecule is O=C(CCC1CCCC1)N1CC[C@H](n2cc(COc3cnccn3)nn2)C1. The Morgan fingerprint density at radius 3 is 2.93 bits per heavy atom. The average molecular weight is 370 g/mol. The standard InChI is InChI=1S/C19H26N6O2/c26-19(6-5-15-3-1-2-4-15)24-10-7-17(13-24)25-12-16(22-23-25)14-27-18-11-20-8-9-21-18/h8-9,11-12,15,17H,1-7,10,13-14H2/t17-/m0/s1. The van der Waals surface area contributed by atoms with Gasteiger partial charge in [-0.1, -0.05) is 30.9 Å². The lowest BCUT2D eigenvalue weighted by Gasteiger charge is -2.17. The van der Waals surface area contributed by atoms with Crippen LogP contribution in [0.4, 0.5) is 0 Å². The molecule has 4 rings (SSSR count). The second-order valence-electron chi connectivity index (χ2n) is 7.49. The number of rotatable bonds is 7. The third kappa shape index (κ3) is 4.61. The third-order valence-corrected chi connectivity index (χ3v) is 5.60. The fraction of sp³-hybridized carbons (Fsp3) is 0.632. The van der Waals surface area contributed by atoms with Crippen molar-refractivity contribution < 1.29 is 9.53 Å². The number of hydrogen-bond acceptors (Lipinski definition) is 6. The first-order chi connectivity index (χ1) is 13.3. The number of hydrogen-bond donors (Lipinski definition) is 0. The van der Waals surface area contributed by atoms with Crippen LogP contribution in [-0.4, -0.2) is 48.9 Å². The van der Waals surface area contributed by atoms with Crippen LogP contribution >= 0.6 is 0 Å². The van der Waals surface area contributed by atoms with Gasteiger partial charge in [0.1, 0.15) is 12.3 Å². The number of ether oxygens (including phenoxy) is 1. The first-order valence-corrected chi connectivity index (χ1v) is 9.85. The van der Waals surface area contributed by atoms with Gasteiger partial charge in [-0.2, -0.15) is 0 Å². The molecule has 0 bridgehead atoms. The number of carbonyl (C=O) groups is 1. The number of likely N-dealkylation sites (tertiary alicyclic amines) is 1. The van der Waals surface area contributed by atoms with Gasteiger partial charge < -0.3 is 9.64 Å². The number of aromatic nitrogens is 5. The molecule has 0 spiro atoms. The van der Waals surface area contributed by atoms with Gasteiger partial charge in [-0.05, 0) is 18.8 Å². The Morgan fingerprint density at radius 2 is 2.11 bits per heavy atom. The maximum absolute atomic E-state index is 12.5. The molecule has 1 aliphatic heterocycles. The zero-order chi connectivity index (χ0) is 18.5. The molecular formula is C19H26N6O2. The summed E-state index contributed by atoms with van der Waals surface area (Å²) in [5, 5.41) is 8.40. The van der Waals surface area contributed by atoms with Crippen LogP contribution in [0.25, 0.3) is 0 Å². The molecule has 144 valence electrons. The van der Waals surface area contributed by atoms with Crippen LogP contribution in [0.1, 0.15) is 56.7 Å². The predicted molar refractivity (Wildman–Crippen MR) is 97.8 cm³/mol. The first-order valence-electron chi connectivity index (χ1n) is 9.85. The number of carbonyl (C=O) groups excluding carboxylic acids is 1. The van der Waals surface area contributed by atoms with E-state index in [9.17, 15) is 4.79 Å². The monoisotopic (exact) mass is 370 g/mol. The van der Waals surface area contributed by atoms with Crippen molar-refractivity contribution in [2.75, 3.05) is 13.1 Å². The minimum atomic E-state index is 0.193. The van der Waals surface area contributed by atoms with Crippen molar-refractivity contribution in [3.63, 3.8) is 0 Å². The maximum atomic E-state index is 12.5. The molecule has 1 amide bonds. The summed E-state index contributed by atoms with van der Waals surface area (Å²) in [4.78, 5) is 22.5. The van der Waals surface area contributed by atoms with E-state index in [0.29, 0.717) is 18.9 Å². The number of nitrogens with zero attached hydrogens (tertiary/aromatic N) is 6. The van der Waals surface area contributed by atoms with Crippen LogP contribution in [0.5, 0.6) is 5.88 Å². The van der Waals surface area contributed by atoms with Crippen molar-refractivity contribution >= 4 is 5.91 Å². The molecule has 2 aliphatic rings. The lowest BCUT2D eigenvalue weighted by molar-refractivity contribution is -0.130. The molecule has 0 N–H and O–H groups in total. The smallest absolute Gasteiger partial charge is 0.232 e. The van der Waals surface area contributed by atoms with Gasteiger partial charge in [-0.25, -0.2) is 9.67 Å². The molecular weight excluding hydrogens is 344 g/mol. The summed E-state index contributed by atoms with van der Waals surface area (Å²) in [6, 6.07) is 0.193. The fourth-order valence-corrected chi connectivity index (χ4v) is 4.03. The second-order valence-corrected chi connectivity index (χ2v) is 7.49. The van der Waals surface area contributed by atoms with Gasteiger partial charge in [-0.3, -0.25) is 9.78 Å². The van der Waals surface area contributed by atoms with Crippen LogP contribution in [0, 0.1) is 5.92 Å². The molecule has 0 aromatic carbocycles. The highest BCUT2D eigenvalue weighted by molar-refractivity contribution is 5.76. The molecule has 27 heavy (non-hydrogen) atoms. The summed E-state index contributed by atoms with van der Waals surface area (Å²) in [5.74, 6) is 1.52. The van der Waals surface area contributed by atoms with E-state index < -0.39 is 0 Å². The zero-order valence-corrected chi connectivity index (χ0v) is 15.5. The highest BCUT2D eigenvalue weighted by atomic mass is 16.5. The van der Waals surface area contributed by atoms with E-state index in [2.05, 4.69) is 20.3 Å². The van der Waals surface area contributed by atoms with E-state index >= 15 is 0 Å². The highest BCUT2D eigenvalue weighted by Gasteiger charge is 2.28. The van der Waals surface area contributed by atoms with Crippen LogP contribution in [-0.2, 0) is 11.4 Å². The summed E-state index contributed by atoms with van der Waals surface area (Å²) < 4.78 is 7.41. The van der Waals surface area contributed by atoms with E-state index in [-0.39, 0.29) is 11.9 Å². The Balaban J connectivity index is 1.25. The normalized spacial score (nSPS) is 20.3. The van der Waals surface area contributed by atoms with Gasteiger partial charge in [0.2, 0.25) is 11.8 Å². The summed E-state index contributed by atoms with van der Waals surface area (Å²) in [6.07, 6.45) is 14.6. The zero-order valence-electron chi connectivity index (χ0n) is 15.5. The summed E-state index contributed by atoms with van der Waals surface area (Å²) in [6.45, 7) is 1.83. The lowest BCUT2D eigenvalue weighted by Crippen LogP contribution is -2.29. The van der Waals surface area contributed by atoms with Crippen molar-refractivity contribution in [3.05, 3.63) is 30.5 Å². The summed E-state index contributed by atoms with van der Waals surface area (Å²) in [5.41, 5.74) is 0.742. The average Bonchev–Trinajstić information content (AvgIpc) is 3.46. The van der Waals surface area contributed by atoms with Crippen LogP contribution < -0.4 is 4.74 Å². The maximum Gasteiger partial charge on any atom is 0.232 e. The molecule has 1 aliphatic carbocycles. The van der Waals surface area contributed by atoms with Gasteiger partial charge >= 0.3 is 0 Å². The molecule has 1 saturated heterocycles. The van der Waals surface area contributed by atoms with Crippen LogP contribution in [0.3, 0.4) is 0 Å². The minimum Gasteiger partial charge on any atom is -0.470 e. The first kappa shape index (κ1) is 17.9. The molecule has 2 aromatic rings. The third-order valence-electron chi connectivity index (χ3n) is 5.60. The molecule has 1 saturated carbocycles. The van der Waals surface area contributed by atoms with E-state index in [0.717, 1.165) is 37.5 Å². The molecule has 2 fully saturated rings. The minimum absolute atomic E-state index is 0.193.